The van der Waals surface area contributed by atoms with Gasteiger partial charge in [0.15, 0.2) is 0 Å². The fourth-order valence-corrected chi connectivity index (χ4v) is 1.37. The summed E-state index contributed by atoms with van der Waals surface area (Å²) in [6.07, 6.45) is 8.48. The zero-order valence-corrected chi connectivity index (χ0v) is 12.3. The summed E-state index contributed by atoms with van der Waals surface area (Å²) >= 11 is 0. The molecule has 0 aliphatic rings. The molecule has 0 atom stereocenters. The van der Waals surface area contributed by atoms with Crippen molar-refractivity contribution in [3.05, 3.63) is 0 Å². The summed E-state index contributed by atoms with van der Waals surface area (Å²) in [4.78, 5) is 0. The molecule has 0 aromatic rings. The van der Waals surface area contributed by atoms with Gasteiger partial charge in [-0.3, -0.25) is 9.11 Å². The van der Waals surface area contributed by atoms with Crippen LogP contribution in [0.2, 0.25) is 0 Å². The van der Waals surface area contributed by atoms with Crippen LogP contribution in [0.3, 0.4) is 0 Å². The van der Waals surface area contributed by atoms with Crippen LogP contribution in [0.15, 0.2) is 0 Å². The molecule has 0 fully saturated rings. The lowest BCUT2D eigenvalue weighted by atomic mass is 10.1. The van der Waals surface area contributed by atoms with Crippen LogP contribution in [0.25, 0.3) is 0 Å². The summed E-state index contributed by atoms with van der Waals surface area (Å²) in [5.41, 5.74) is 0. The van der Waals surface area contributed by atoms with Gasteiger partial charge in [0.05, 0.1) is 27.7 Å². The number of hydrogen-bond acceptors (Lipinski definition) is 2. The first-order valence-corrected chi connectivity index (χ1v) is 7.46. The predicted molar refractivity (Wildman–Crippen MR) is 70.5 cm³/mol. The molecule has 2 N–H and O–H groups in total. The highest BCUT2D eigenvalue weighted by Crippen LogP contribution is 2.06. The second kappa shape index (κ2) is 9.82. The molecule has 0 unspecified atom stereocenters. The van der Waals surface area contributed by atoms with E-state index < -0.39 is 10.4 Å². The van der Waals surface area contributed by atoms with Gasteiger partial charge in [-0.05, 0) is 12.8 Å². The van der Waals surface area contributed by atoms with Gasteiger partial charge in [0.25, 0.3) is 0 Å². The van der Waals surface area contributed by atoms with Gasteiger partial charge in [0.2, 0.25) is 0 Å². The smallest absolute Gasteiger partial charge is 0.331 e. The van der Waals surface area contributed by atoms with Crippen LogP contribution in [0.4, 0.5) is 0 Å². The molecule has 0 heterocycles. The zero-order valence-electron chi connectivity index (χ0n) is 11.5. The predicted octanol–water partition coefficient (Wildman–Crippen LogP) is 2.40. The molecule has 0 rings (SSSR count). The number of nitrogens with zero attached hydrogens (tertiary/aromatic N) is 1. The van der Waals surface area contributed by atoms with Crippen molar-refractivity contribution in [2.45, 2.75) is 45.4 Å². The maximum absolute atomic E-state index is 8.74. The van der Waals surface area contributed by atoms with Crippen molar-refractivity contribution in [1.82, 2.24) is 0 Å². The van der Waals surface area contributed by atoms with E-state index in [-0.39, 0.29) is 0 Å². The Morgan fingerprint density at radius 3 is 1.59 bits per heavy atom. The van der Waals surface area contributed by atoms with Crippen LogP contribution in [0.5, 0.6) is 0 Å². The molecule has 6 heteroatoms. The summed E-state index contributed by atoms with van der Waals surface area (Å²) in [5, 5.41) is 0. The topological polar surface area (TPSA) is 74.6 Å². The van der Waals surface area contributed by atoms with E-state index >= 15 is 0 Å². The van der Waals surface area contributed by atoms with Crippen LogP contribution in [-0.4, -0.2) is 49.7 Å². The molecular weight excluding hydrogens is 242 g/mol. The summed E-state index contributed by atoms with van der Waals surface area (Å²) in [5.74, 6) is 0. The van der Waals surface area contributed by atoms with Gasteiger partial charge >= 0.3 is 10.4 Å². The van der Waals surface area contributed by atoms with E-state index in [0.717, 1.165) is 4.48 Å². The molecule has 5 nitrogen and oxygen atoms in total. The van der Waals surface area contributed by atoms with Crippen LogP contribution >= 0.6 is 0 Å². The highest BCUT2D eigenvalue weighted by atomic mass is 32.3. The minimum Gasteiger partial charge on any atom is -0.331 e. The standard InChI is InChI=1S/C11H26N.H2O4S/c1-5-6-7-8-9-10-11-12(2,3)4;1-5(2,3)4/h5-11H2,1-4H3;(H2,1,2,3,4)/q+1;. The monoisotopic (exact) mass is 270 g/mol. The van der Waals surface area contributed by atoms with Gasteiger partial charge < -0.3 is 4.48 Å². The highest BCUT2D eigenvalue weighted by molar-refractivity contribution is 7.79. The maximum Gasteiger partial charge on any atom is 0.394 e. The fraction of sp³-hybridized carbons (Fsp3) is 1.00. The first-order valence-electron chi connectivity index (χ1n) is 6.06. The SMILES string of the molecule is CCCCCCCC[N+](C)(C)C.O=S(=O)(O)O. The number of unbranched alkanes of at least 4 members (excludes halogenated alkanes) is 5. The first kappa shape index (κ1) is 19.2. The summed E-state index contributed by atoms with van der Waals surface area (Å²) in [7, 11) is 2.14. The zero-order chi connectivity index (χ0) is 13.9. The first-order chi connectivity index (χ1) is 7.56. The Kier molecular flexibility index (Phi) is 11.1. The van der Waals surface area contributed by atoms with E-state index in [1.165, 1.54) is 45.1 Å². The Balaban J connectivity index is 0. The van der Waals surface area contributed by atoms with Gasteiger partial charge in [-0.25, -0.2) is 0 Å². The molecule has 0 amide bonds. The van der Waals surface area contributed by atoms with E-state index in [1.807, 2.05) is 0 Å². The van der Waals surface area contributed by atoms with E-state index in [0.29, 0.717) is 0 Å². The molecule has 0 bridgehead atoms. The van der Waals surface area contributed by atoms with E-state index in [9.17, 15) is 0 Å². The molecule has 0 spiro atoms. The molecule has 17 heavy (non-hydrogen) atoms. The van der Waals surface area contributed by atoms with Crippen molar-refractivity contribution in [2.24, 2.45) is 0 Å². The van der Waals surface area contributed by atoms with Gasteiger partial charge in [-0.15, -0.1) is 0 Å². The Morgan fingerprint density at radius 2 is 1.24 bits per heavy atom. The average molecular weight is 270 g/mol. The Morgan fingerprint density at radius 1 is 0.882 bits per heavy atom. The summed E-state index contributed by atoms with van der Waals surface area (Å²) < 4.78 is 32.7. The molecule has 0 saturated heterocycles. The third-order valence-corrected chi connectivity index (χ3v) is 2.18. The molecule has 0 aromatic carbocycles. The fourth-order valence-electron chi connectivity index (χ4n) is 1.37. The normalized spacial score (nSPS) is 11.9. The Bertz CT molecular complexity index is 249. The van der Waals surface area contributed by atoms with E-state index in [4.69, 9.17) is 17.5 Å². The Hall–Kier alpha value is -0.170. The van der Waals surface area contributed by atoms with Crippen molar-refractivity contribution in [2.75, 3.05) is 27.7 Å². The van der Waals surface area contributed by atoms with Gasteiger partial charge in [-0.2, -0.15) is 8.42 Å². The Labute approximate surface area is 106 Å². The van der Waals surface area contributed by atoms with Crippen LogP contribution in [0.1, 0.15) is 45.4 Å². The van der Waals surface area contributed by atoms with Crippen LogP contribution in [0, 0.1) is 0 Å². The number of quaternary nitrogens is 1. The van der Waals surface area contributed by atoms with Gasteiger partial charge in [0, 0.05) is 0 Å². The molecule has 106 valence electrons. The third-order valence-electron chi connectivity index (χ3n) is 2.18. The molecular formula is C11H28NO4S+. The average Bonchev–Trinajstić information content (AvgIpc) is 2.06. The largest absolute Gasteiger partial charge is 0.394 e. The van der Waals surface area contributed by atoms with Crippen molar-refractivity contribution in [3.63, 3.8) is 0 Å². The van der Waals surface area contributed by atoms with Crippen molar-refractivity contribution in [1.29, 1.82) is 0 Å². The lowest BCUT2D eigenvalue weighted by molar-refractivity contribution is -0.870. The second-order valence-electron chi connectivity index (χ2n) is 5.23. The summed E-state index contributed by atoms with van der Waals surface area (Å²) in [6.45, 7) is 3.60. The highest BCUT2D eigenvalue weighted by Gasteiger charge is 2.04. The lowest BCUT2D eigenvalue weighted by Crippen LogP contribution is -2.35. The molecule has 0 saturated carbocycles. The summed E-state index contributed by atoms with van der Waals surface area (Å²) in [6, 6.07) is 0. The van der Waals surface area contributed by atoms with E-state index in [1.54, 1.807) is 0 Å². The van der Waals surface area contributed by atoms with Gasteiger partial charge in [0.1, 0.15) is 0 Å². The van der Waals surface area contributed by atoms with Gasteiger partial charge in [-0.1, -0.05) is 32.6 Å². The third kappa shape index (κ3) is 38.8. The number of hydrogen-bond donors (Lipinski definition) is 2. The van der Waals surface area contributed by atoms with Crippen LogP contribution < -0.4 is 0 Å². The van der Waals surface area contributed by atoms with Crippen molar-refractivity contribution in [3.8, 4) is 0 Å². The molecule has 0 radical (unpaired) electrons. The quantitative estimate of drug-likeness (QED) is 0.423. The van der Waals surface area contributed by atoms with E-state index in [2.05, 4.69) is 28.1 Å². The minimum atomic E-state index is -4.67. The van der Waals surface area contributed by atoms with Crippen molar-refractivity contribution < 1.29 is 22.0 Å². The van der Waals surface area contributed by atoms with Crippen molar-refractivity contribution >= 4 is 10.4 Å². The maximum atomic E-state index is 8.74. The molecule has 0 aliphatic heterocycles. The molecule has 0 aliphatic carbocycles. The minimum absolute atomic E-state index is 1.12. The van der Waals surface area contributed by atoms with Crippen LogP contribution in [-0.2, 0) is 10.4 Å². The molecule has 0 aromatic heterocycles. The number of rotatable bonds is 7. The second-order valence-corrected chi connectivity index (χ2v) is 6.13. The lowest BCUT2D eigenvalue weighted by Gasteiger charge is -2.23.